The molecule has 1 amide bonds. The van der Waals surface area contributed by atoms with Crippen molar-refractivity contribution in [3.05, 3.63) is 34.9 Å². The molecule has 1 aliphatic heterocycles. The molecule has 0 spiro atoms. The van der Waals surface area contributed by atoms with Gasteiger partial charge >= 0.3 is 0 Å². The van der Waals surface area contributed by atoms with Crippen LogP contribution in [0.1, 0.15) is 55.8 Å². The van der Waals surface area contributed by atoms with Crippen molar-refractivity contribution in [2.45, 2.75) is 51.5 Å². The smallest absolute Gasteiger partial charge is 0.254 e. The fourth-order valence-corrected chi connectivity index (χ4v) is 5.95. The zero-order chi connectivity index (χ0) is 17.6. The van der Waals surface area contributed by atoms with Crippen LogP contribution in [0.2, 0.25) is 5.02 Å². The van der Waals surface area contributed by atoms with Crippen molar-refractivity contribution >= 4 is 23.3 Å². The molecule has 3 nitrogen and oxygen atoms in total. The summed E-state index contributed by atoms with van der Waals surface area (Å²) in [5.74, 6) is 2.31. The zero-order valence-electron chi connectivity index (χ0n) is 14.8. The first kappa shape index (κ1) is 17.1. The van der Waals surface area contributed by atoms with Crippen LogP contribution in [-0.4, -0.2) is 29.2 Å². The van der Waals surface area contributed by atoms with Crippen LogP contribution >= 0.6 is 11.6 Å². The van der Waals surface area contributed by atoms with Crippen LogP contribution in [-0.2, 0) is 4.79 Å². The van der Waals surface area contributed by atoms with Gasteiger partial charge in [-0.2, -0.15) is 0 Å². The number of amides is 1. The highest BCUT2D eigenvalue weighted by Gasteiger charge is 2.52. The molecule has 1 aromatic carbocycles. The number of benzene rings is 1. The number of ketones is 1. The SMILES string of the molecule is CC[C@@H]1C(=O)C[C@H]2CCN(C(=O)c3ccc(Cl)cc3)[C@H]3CCC[C@@H]1[C@H]23. The van der Waals surface area contributed by atoms with Crippen molar-refractivity contribution in [2.75, 3.05) is 6.54 Å². The van der Waals surface area contributed by atoms with Gasteiger partial charge in [-0.15, -0.1) is 0 Å². The molecule has 25 heavy (non-hydrogen) atoms. The van der Waals surface area contributed by atoms with Gasteiger partial charge in [0.2, 0.25) is 0 Å². The molecule has 0 N–H and O–H groups in total. The van der Waals surface area contributed by atoms with Gasteiger partial charge in [-0.1, -0.05) is 24.9 Å². The second kappa shape index (κ2) is 6.75. The summed E-state index contributed by atoms with van der Waals surface area (Å²) in [6, 6.07) is 7.55. The Bertz CT molecular complexity index is 671. The molecule has 2 saturated carbocycles. The minimum atomic E-state index is 0.130. The fourth-order valence-electron chi connectivity index (χ4n) is 5.82. The van der Waals surface area contributed by atoms with Gasteiger partial charge < -0.3 is 4.90 Å². The lowest BCUT2D eigenvalue weighted by atomic mass is 9.56. The van der Waals surface area contributed by atoms with E-state index in [2.05, 4.69) is 11.8 Å². The molecule has 134 valence electrons. The number of hydrogen-bond acceptors (Lipinski definition) is 2. The molecule has 0 unspecified atom stereocenters. The summed E-state index contributed by atoms with van der Waals surface area (Å²) in [5.41, 5.74) is 0.726. The lowest BCUT2D eigenvalue weighted by molar-refractivity contribution is -0.137. The van der Waals surface area contributed by atoms with Crippen molar-refractivity contribution in [1.82, 2.24) is 4.90 Å². The maximum atomic E-state index is 13.1. The Morgan fingerprint density at radius 2 is 1.96 bits per heavy atom. The fraction of sp³-hybridized carbons (Fsp3) is 0.619. The van der Waals surface area contributed by atoms with Gasteiger partial charge in [-0.25, -0.2) is 0 Å². The predicted octanol–water partition coefficient (Wildman–Crippen LogP) is 4.59. The third-order valence-corrected chi connectivity index (χ3v) is 7.10. The Labute approximate surface area is 154 Å². The van der Waals surface area contributed by atoms with E-state index >= 15 is 0 Å². The summed E-state index contributed by atoms with van der Waals surface area (Å²) < 4.78 is 0. The van der Waals surface area contributed by atoms with Crippen LogP contribution < -0.4 is 0 Å². The molecule has 2 aliphatic carbocycles. The monoisotopic (exact) mass is 359 g/mol. The highest BCUT2D eigenvalue weighted by atomic mass is 35.5. The molecule has 0 radical (unpaired) electrons. The number of carbonyl (C=O) groups excluding carboxylic acids is 2. The maximum absolute atomic E-state index is 13.1. The molecule has 0 aromatic heterocycles. The van der Waals surface area contributed by atoms with Crippen LogP contribution in [0.5, 0.6) is 0 Å². The van der Waals surface area contributed by atoms with Crippen LogP contribution in [0.15, 0.2) is 24.3 Å². The minimum absolute atomic E-state index is 0.130. The number of piperidine rings is 1. The predicted molar refractivity (Wildman–Crippen MR) is 98.6 cm³/mol. The van der Waals surface area contributed by atoms with Crippen LogP contribution in [0.3, 0.4) is 0 Å². The van der Waals surface area contributed by atoms with Crippen molar-refractivity contribution in [1.29, 1.82) is 0 Å². The highest BCUT2D eigenvalue weighted by Crippen LogP contribution is 2.51. The molecule has 1 saturated heterocycles. The third-order valence-electron chi connectivity index (χ3n) is 6.85. The van der Waals surface area contributed by atoms with E-state index < -0.39 is 0 Å². The van der Waals surface area contributed by atoms with E-state index in [9.17, 15) is 9.59 Å². The Morgan fingerprint density at radius 3 is 2.68 bits per heavy atom. The first-order valence-electron chi connectivity index (χ1n) is 9.69. The van der Waals surface area contributed by atoms with E-state index in [0.717, 1.165) is 50.6 Å². The number of nitrogens with zero attached hydrogens (tertiary/aromatic N) is 1. The van der Waals surface area contributed by atoms with E-state index in [1.165, 1.54) is 0 Å². The standard InChI is InChI=1S/C21H26ClNO2/c1-2-16-17-4-3-5-18-20(17)14(12-19(16)24)10-11-23(18)21(25)13-6-8-15(22)9-7-13/h6-9,14,16-18,20H,2-5,10-12H2,1H3/t14-,16+,17+,18+,20+/m1/s1. The number of rotatable bonds is 2. The quantitative estimate of drug-likeness (QED) is 0.774. The average molecular weight is 360 g/mol. The van der Waals surface area contributed by atoms with Crippen molar-refractivity contribution in [2.24, 2.45) is 23.7 Å². The summed E-state index contributed by atoms with van der Waals surface area (Å²) in [7, 11) is 0. The molecule has 5 atom stereocenters. The average Bonchev–Trinajstić information content (AvgIpc) is 2.62. The number of hydrogen-bond donors (Lipinski definition) is 0. The zero-order valence-corrected chi connectivity index (χ0v) is 15.5. The second-order valence-electron chi connectivity index (χ2n) is 7.98. The molecule has 1 heterocycles. The van der Waals surface area contributed by atoms with Gasteiger partial charge in [0.1, 0.15) is 5.78 Å². The van der Waals surface area contributed by atoms with Crippen molar-refractivity contribution < 1.29 is 9.59 Å². The molecule has 1 aromatic rings. The first-order chi connectivity index (χ1) is 12.1. The summed E-state index contributed by atoms with van der Waals surface area (Å²) in [5, 5.41) is 0.657. The molecular formula is C21H26ClNO2. The molecule has 0 bridgehead atoms. The molecule has 4 heteroatoms. The van der Waals surface area contributed by atoms with Gasteiger partial charge in [0.25, 0.3) is 5.91 Å². The van der Waals surface area contributed by atoms with Gasteiger partial charge in [0.15, 0.2) is 0 Å². The van der Waals surface area contributed by atoms with E-state index in [-0.39, 0.29) is 11.8 Å². The van der Waals surface area contributed by atoms with Gasteiger partial charge in [0, 0.05) is 35.5 Å². The second-order valence-corrected chi connectivity index (χ2v) is 8.42. The molecular weight excluding hydrogens is 334 g/mol. The normalized spacial score (nSPS) is 34.6. The Balaban J connectivity index is 1.61. The Morgan fingerprint density at radius 1 is 1.20 bits per heavy atom. The number of Topliss-reactive ketones (excluding diaryl/α,β-unsaturated/α-hetero) is 1. The van der Waals surface area contributed by atoms with Crippen LogP contribution in [0, 0.1) is 23.7 Å². The van der Waals surface area contributed by atoms with Crippen LogP contribution in [0.4, 0.5) is 0 Å². The summed E-state index contributed by atoms with van der Waals surface area (Å²) in [4.78, 5) is 27.8. The minimum Gasteiger partial charge on any atom is -0.335 e. The number of likely N-dealkylation sites (tertiary alicyclic amines) is 1. The lowest BCUT2D eigenvalue weighted by Crippen LogP contribution is -2.59. The topological polar surface area (TPSA) is 37.4 Å². The van der Waals surface area contributed by atoms with Crippen molar-refractivity contribution in [3.8, 4) is 0 Å². The maximum Gasteiger partial charge on any atom is 0.254 e. The van der Waals surface area contributed by atoms with E-state index in [1.54, 1.807) is 12.1 Å². The van der Waals surface area contributed by atoms with E-state index in [0.29, 0.717) is 34.6 Å². The lowest BCUT2D eigenvalue weighted by Gasteiger charge is -2.55. The van der Waals surface area contributed by atoms with Crippen molar-refractivity contribution in [3.63, 3.8) is 0 Å². The van der Waals surface area contributed by atoms with Gasteiger partial charge in [0.05, 0.1) is 0 Å². The molecule has 4 rings (SSSR count). The van der Waals surface area contributed by atoms with Gasteiger partial charge in [-0.05, 0) is 67.7 Å². The Kier molecular flexibility index (Phi) is 4.61. The van der Waals surface area contributed by atoms with Crippen LogP contribution in [0.25, 0.3) is 0 Å². The number of halogens is 1. The largest absolute Gasteiger partial charge is 0.335 e. The highest BCUT2D eigenvalue weighted by molar-refractivity contribution is 6.30. The summed E-state index contributed by atoms with van der Waals surface area (Å²) in [6.45, 7) is 2.93. The molecule has 3 fully saturated rings. The van der Waals surface area contributed by atoms with Gasteiger partial charge in [-0.3, -0.25) is 9.59 Å². The first-order valence-corrected chi connectivity index (χ1v) is 10.1. The third kappa shape index (κ3) is 2.91. The molecule has 3 aliphatic rings. The van der Waals surface area contributed by atoms with E-state index in [1.807, 2.05) is 12.1 Å². The number of carbonyl (C=O) groups is 2. The summed E-state index contributed by atoms with van der Waals surface area (Å²) in [6.07, 6.45) is 6.03. The summed E-state index contributed by atoms with van der Waals surface area (Å²) >= 11 is 5.97. The van der Waals surface area contributed by atoms with E-state index in [4.69, 9.17) is 11.6 Å². The Hall–Kier alpha value is -1.35.